The quantitative estimate of drug-likeness (QED) is 0.875. The summed E-state index contributed by atoms with van der Waals surface area (Å²) in [6, 6.07) is -0.387. The molecule has 0 radical (unpaired) electrons. The number of hydrogen-bond donors (Lipinski definition) is 1. The van der Waals surface area contributed by atoms with Crippen LogP contribution in [0.3, 0.4) is 0 Å². The molecule has 0 aromatic carbocycles. The third-order valence-corrected chi connectivity index (χ3v) is 4.39. The molecule has 1 aromatic heterocycles. The Morgan fingerprint density at radius 1 is 1.50 bits per heavy atom. The van der Waals surface area contributed by atoms with Crippen LogP contribution in [-0.4, -0.2) is 21.6 Å². The van der Waals surface area contributed by atoms with Crippen molar-refractivity contribution in [2.75, 3.05) is 0 Å². The minimum absolute atomic E-state index is 0.0794. The van der Waals surface area contributed by atoms with Crippen LogP contribution in [0.25, 0.3) is 0 Å². The number of nitrogens with two attached hydrogens (primary N) is 1. The van der Waals surface area contributed by atoms with Crippen LogP contribution in [0.5, 0.6) is 0 Å². The standard InChI is InChI=1S/C13H22BrN3O/c1-5-8(3)13(15)11(18)7-10-12(14)9(6-2)16-17(10)4/h8,13H,5-7,15H2,1-4H3. The molecule has 0 amide bonds. The molecule has 0 bridgehead atoms. The Hall–Kier alpha value is -0.680. The van der Waals surface area contributed by atoms with Gasteiger partial charge in [-0.1, -0.05) is 27.2 Å². The third kappa shape index (κ3) is 3.20. The number of aryl methyl sites for hydroxylation is 2. The number of rotatable bonds is 6. The summed E-state index contributed by atoms with van der Waals surface area (Å²) in [4.78, 5) is 12.1. The Morgan fingerprint density at radius 2 is 2.11 bits per heavy atom. The normalized spacial score (nSPS) is 14.6. The predicted octanol–water partition coefficient (Wildman–Crippen LogP) is 2.23. The van der Waals surface area contributed by atoms with Crippen molar-refractivity contribution in [1.29, 1.82) is 0 Å². The van der Waals surface area contributed by atoms with Crippen LogP contribution in [0, 0.1) is 5.92 Å². The number of halogens is 1. The van der Waals surface area contributed by atoms with Crippen LogP contribution >= 0.6 is 15.9 Å². The Labute approximate surface area is 117 Å². The molecule has 0 spiro atoms. The number of aromatic nitrogens is 2. The van der Waals surface area contributed by atoms with Gasteiger partial charge in [0.2, 0.25) is 0 Å². The van der Waals surface area contributed by atoms with E-state index in [0.717, 1.165) is 28.7 Å². The molecule has 0 aliphatic rings. The topological polar surface area (TPSA) is 60.9 Å². The highest BCUT2D eigenvalue weighted by molar-refractivity contribution is 9.10. The van der Waals surface area contributed by atoms with Gasteiger partial charge in [0.1, 0.15) is 0 Å². The third-order valence-electron chi connectivity index (χ3n) is 3.47. The highest BCUT2D eigenvalue weighted by atomic mass is 79.9. The number of carbonyl (C=O) groups is 1. The van der Waals surface area contributed by atoms with E-state index in [0.29, 0.717) is 6.42 Å². The van der Waals surface area contributed by atoms with Gasteiger partial charge in [0.25, 0.3) is 0 Å². The first-order valence-electron chi connectivity index (χ1n) is 6.40. The lowest BCUT2D eigenvalue weighted by Crippen LogP contribution is -2.38. The van der Waals surface area contributed by atoms with E-state index in [1.807, 2.05) is 27.8 Å². The van der Waals surface area contributed by atoms with Gasteiger partial charge in [-0.2, -0.15) is 5.10 Å². The molecular formula is C13H22BrN3O. The van der Waals surface area contributed by atoms with Gasteiger partial charge in [0, 0.05) is 7.05 Å². The van der Waals surface area contributed by atoms with Crippen LogP contribution in [0.4, 0.5) is 0 Å². The van der Waals surface area contributed by atoms with Crippen LogP contribution < -0.4 is 5.73 Å². The maximum absolute atomic E-state index is 12.1. The van der Waals surface area contributed by atoms with E-state index in [1.54, 1.807) is 4.68 Å². The average Bonchev–Trinajstić information content (AvgIpc) is 2.63. The predicted molar refractivity (Wildman–Crippen MR) is 76.4 cm³/mol. The summed E-state index contributed by atoms with van der Waals surface area (Å²) in [7, 11) is 1.86. The van der Waals surface area contributed by atoms with Gasteiger partial charge in [-0.25, -0.2) is 0 Å². The van der Waals surface area contributed by atoms with Crippen LogP contribution in [0.15, 0.2) is 4.47 Å². The summed E-state index contributed by atoms with van der Waals surface area (Å²) < 4.78 is 2.71. The number of nitrogens with zero attached hydrogens (tertiary/aromatic N) is 2. The molecule has 5 heteroatoms. The zero-order chi connectivity index (χ0) is 13.9. The molecule has 2 N–H and O–H groups in total. The van der Waals surface area contributed by atoms with Gasteiger partial charge in [-0.15, -0.1) is 0 Å². The summed E-state index contributed by atoms with van der Waals surface area (Å²) in [5.74, 6) is 0.297. The molecule has 0 saturated heterocycles. The first-order valence-corrected chi connectivity index (χ1v) is 7.20. The lowest BCUT2D eigenvalue weighted by molar-refractivity contribution is -0.120. The fourth-order valence-corrected chi connectivity index (χ4v) is 2.62. The molecule has 0 fully saturated rings. The molecule has 1 heterocycles. The molecule has 102 valence electrons. The van der Waals surface area contributed by atoms with Gasteiger partial charge in [0.05, 0.1) is 28.3 Å². The van der Waals surface area contributed by atoms with Gasteiger partial charge < -0.3 is 5.73 Å². The monoisotopic (exact) mass is 315 g/mol. The van der Waals surface area contributed by atoms with Crippen molar-refractivity contribution in [3.8, 4) is 0 Å². The minimum Gasteiger partial charge on any atom is -0.321 e. The Balaban J connectivity index is 2.85. The molecular weight excluding hydrogens is 294 g/mol. The van der Waals surface area contributed by atoms with Gasteiger partial charge in [-0.05, 0) is 28.3 Å². The van der Waals surface area contributed by atoms with Crippen molar-refractivity contribution in [1.82, 2.24) is 9.78 Å². The second-order valence-corrected chi connectivity index (χ2v) is 5.53. The van der Waals surface area contributed by atoms with Crippen molar-refractivity contribution in [3.63, 3.8) is 0 Å². The highest BCUT2D eigenvalue weighted by Crippen LogP contribution is 2.23. The molecule has 18 heavy (non-hydrogen) atoms. The SMILES string of the molecule is CCc1nn(C)c(CC(=O)C(N)C(C)CC)c1Br. The van der Waals surface area contributed by atoms with E-state index in [-0.39, 0.29) is 17.7 Å². The van der Waals surface area contributed by atoms with Crippen LogP contribution in [-0.2, 0) is 24.7 Å². The number of carbonyl (C=O) groups excluding carboxylic acids is 1. The Bertz CT molecular complexity index is 428. The average molecular weight is 316 g/mol. The maximum atomic E-state index is 12.1. The van der Waals surface area contributed by atoms with E-state index in [9.17, 15) is 4.79 Å². The Morgan fingerprint density at radius 3 is 2.56 bits per heavy atom. The lowest BCUT2D eigenvalue weighted by Gasteiger charge is -2.17. The zero-order valence-electron chi connectivity index (χ0n) is 11.5. The van der Waals surface area contributed by atoms with Crippen molar-refractivity contribution < 1.29 is 4.79 Å². The van der Waals surface area contributed by atoms with Crippen molar-refractivity contribution in [2.24, 2.45) is 18.7 Å². The zero-order valence-corrected chi connectivity index (χ0v) is 13.1. The van der Waals surface area contributed by atoms with Gasteiger partial charge in [0.15, 0.2) is 5.78 Å². The summed E-state index contributed by atoms with van der Waals surface area (Å²) in [6.45, 7) is 6.11. The van der Waals surface area contributed by atoms with Crippen molar-refractivity contribution in [3.05, 3.63) is 15.9 Å². The second kappa shape index (κ2) is 6.48. The van der Waals surface area contributed by atoms with Crippen LogP contribution in [0.2, 0.25) is 0 Å². The highest BCUT2D eigenvalue weighted by Gasteiger charge is 2.23. The molecule has 0 aliphatic heterocycles. The molecule has 0 aliphatic carbocycles. The maximum Gasteiger partial charge on any atom is 0.155 e. The number of ketones is 1. The van der Waals surface area contributed by atoms with E-state index in [1.165, 1.54) is 0 Å². The molecule has 4 nitrogen and oxygen atoms in total. The smallest absolute Gasteiger partial charge is 0.155 e. The Kier molecular flexibility index (Phi) is 5.53. The molecule has 1 rings (SSSR count). The summed E-state index contributed by atoms with van der Waals surface area (Å²) in [6.07, 6.45) is 2.11. The first-order chi connectivity index (χ1) is 8.42. The molecule has 2 unspecified atom stereocenters. The largest absolute Gasteiger partial charge is 0.321 e. The summed E-state index contributed by atoms with van der Waals surface area (Å²) >= 11 is 3.52. The first kappa shape index (κ1) is 15.4. The van der Waals surface area contributed by atoms with Crippen molar-refractivity contribution >= 4 is 21.7 Å². The molecule has 1 aromatic rings. The molecule has 0 saturated carbocycles. The van der Waals surface area contributed by atoms with E-state index >= 15 is 0 Å². The fraction of sp³-hybridized carbons (Fsp3) is 0.692. The second-order valence-electron chi connectivity index (χ2n) is 4.74. The fourth-order valence-electron chi connectivity index (χ4n) is 1.87. The van der Waals surface area contributed by atoms with Crippen molar-refractivity contribution in [2.45, 2.75) is 46.1 Å². The molecule has 2 atom stereocenters. The lowest BCUT2D eigenvalue weighted by atomic mass is 9.94. The number of hydrogen-bond acceptors (Lipinski definition) is 3. The van der Waals surface area contributed by atoms with E-state index in [2.05, 4.69) is 21.0 Å². The minimum atomic E-state index is -0.387. The number of Topliss-reactive ketones (excluding diaryl/α,β-unsaturated/α-hetero) is 1. The van der Waals surface area contributed by atoms with Gasteiger partial charge >= 0.3 is 0 Å². The van der Waals surface area contributed by atoms with Gasteiger partial charge in [-0.3, -0.25) is 9.48 Å². The van der Waals surface area contributed by atoms with E-state index in [4.69, 9.17) is 5.73 Å². The summed E-state index contributed by atoms with van der Waals surface area (Å²) in [5.41, 5.74) is 7.86. The van der Waals surface area contributed by atoms with E-state index < -0.39 is 0 Å². The summed E-state index contributed by atoms with van der Waals surface area (Å²) in [5, 5.41) is 4.38. The van der Waals surface area contributed by atoms with Crippen LogP contribution in [0.1, 0.15) is 38.6 Å².